The summed E-state index contributed by atoms with van der Waals surface area (Å²) >= 11 is 1.71. The highest BCUT2D eigenvalue weighted by atomic mass is 32.2. The standard InChI is InChI=1S/C13H16F2N2.C8H12.C3H9NS/c1-9(2)8-12(17-7-6-16)13-10(14)4-3-5-11(13)15;1-4-5-6-7-8(2)3;1-4(2)5-3/h3-5,8,17H,1,6-7,16H2,2H3;4-7H,2H2,1,3H3;1-3H3/b12-8-;5-4-,7-6-;. The second-order valence-corrected chi connectivity index (χ2v) is 7.54. The van der Waals surface area contributed by atoms with E-state index in [2.05, 4.69) is 18.5 Å². The first-order chi connectivity index (χ1) is 14.1. The molecule has 0 radical (unpaired) electrons. The maximum Gasteiger partial charge on any atom is 0.135 e. The molecule has 30 heavy (non-hydrogen) atoms. The molecule has 0 heterocycles. The Kier molecular flexibility index (Phi) is 18.9. The third-order valence-electron chi connectivity index (χ3n) is 3.13. The zero-order valence-corrected chi connectivity index (χ0v) is 20.0. The van der Waals surface area contributed by atoms with E-state index in [4.69, 9.17) is 5.73 Å². The molecule has 1 aromatic carbocycles. The summed E-state index contributed by atoms with van der Waals surface area (Å²) in [6.45, 7) is 13.9. The zero-order valence-electron chi connectivity index (χ0n) is 19.1. The van der Waals surface area contributed by atoms with E-state index in [0.29, 0.717) is 24.4 Å². The van der Waals surface area contributed by atoms with Crippen molar-refractivity contribution in [1.29, 1.82) is 0 Å². The molecule has 0 aliphatic heterocycles. The first-order valence-electron chi connectivity index (χ1n) is 9.52. The molecule has 0 atom stereocenters. The lowest BCUT2D eigenvalue weighted by atomic mass is 10.1. The third kappa shape index (κ3) is 16.8. The van der Waals surface area contributed by atoms with Gasteiger partial charge in [-0.25, -0.2) is 8.78 Å². The third-order valence-corrected chi connectivity index (χ3v) is 3.86. The van der Waals surface area contributed by atoms with Crippen LogP contribution in [0, 0.1) is 11.6 Å². The lowest BCUT2D eigenvalue weighted by Gasteiger charge is -2.12. The Morgan fingerprint density at radius 2 is 1.67 bits per heavy atom. The lowest BCUT2D eigenvalue weighted by Crippen LogP contribution is -2.22. The van der Waals surface area contributed by atoms with E-state index in [9.17, 15) is 8.78 Å². The van der Waals surface area contributed by atoms with Crippen molar-refractivity contribution < 1.29 is 8.78 Å². The minimum absolute atomic E-state index is 0.0797. The van der Waals surface area contributed by atoms with Gasteiger partial charge in [0, 0.05) is 18.8 Å². The van der Waals surface area contributed by atoms with Crippen LogP contribution in [0.25, 0.3) is 5.70 Å². The first kappa shape index (κ1) is 30.0. The van der Waals surface area contributed by atoms with Crippen LogP contribution in [-0.4, -0.2) is 37.7 Å². The van der Waals surface area contributed by atoms with Gasteiger partial charge in [-0.05, 0) is 59.3 Å². The number of nitrogens with zero attached hydrogens (tertiary/aromatic N) is 1. The van der Waals surface area contributed by atoms with Crippen LogP contribution in [0.4, 0.5) is 8.78 Å². The molecular weight excluding hydrogens is 400 g/mol. The van der Waals surface area contributed by atoms with Gasteiger partial charge in [0.05, 0.1) is 5.56 Å². The Morgan fingerprint density at radius 1 is 1.13 bits per heavy atom. The fourth-order valence-corrected chi connectivity index (χ4v) is 1.75. The molecule has 6 heteroatoms. The minimum Gasteiger partial charge on any atom is -0.383 e. The van der Waals surface area contributed by atoms with Gasteiger partial charge in [0.1, 0.15) is 11.6 Å². The summed E-state index contributed by atoms with van der Waals surface area (Å²) in [7, 11) is 4.04. The van der Waals surface area contributed by atoms with Crippen LogP contribution in [0.5, 0.6) is 0 Å². The number of halogens is 2. The quantitative estimate of drug-likeness (QED) is 0.389. The number of nitrogens with two attached hydrogens (primary N) is 1. The van der Waals surface area contributed by atoms with Gasteiger partial charge in [0.15, 0.2) is 0 Å². The fourth-order valence-electron chi connectivity index (χ4n) is 1.75. The smallest absolute Gasteiger partial charge is 0.135 e. The first-order valence-corrected chi connectivity index (χ1v) is 10.7. The summed E-state index contributed by atoms with van der Waals surface area (Å²) in [5.74, 6) is -1.22. The number of allylic oxidation sites excluding steroid dienone is 7. The maximum absolute atomic E-state index is 13.6. The lowest BCUT2D eigenvalue weighted by molar-refractivity contribution is 0.574. The zero-order chi connectivity index (χ0) is 23.5. The second-order valence-electron chi connectivity index (χ2n) is 6.44. The Hall–Kier alpha value is -2.15. The number of hydrogen-bond acceptors (Lipinski definition) is 4. The molecule has 1 aromatic rings. The summed E-state index contributed by atoms with van der Waals surface area (Å²) in [5, 5.41) is 2.89. The predicted molar refractivity (Wildman–Crippen MR) is 132 cm³/mol. The van der Waals surface area contributed by atoms with Crippen molar-refractivity contribution in [3.63, 3.8) is 0 Å². The molecule has 0 unspecified atom stereocenters. The molecular formula is C24H37F2N3S. The van der Waals surface area contributed by atoms with E-state index in [1.165, 1.54) is 18.2 Å². The van der Waals surface area contributed by atoms with E-state index in [-0.39, 0.29) is 5.56 Å². The summed E-state index contributed by atoms with van der Waals surface area (Å²) in [4.78, 5) is 0. The topological polar surface area (TPSA) is 41.3 Å². The van der Waals surface area contributed by atoms with E-state index in [0.717, 1.165) is 5.57 Å². The van der Waals surface area contributed by atoms with Gasteiger partial charge in [-0.2, -0.15) is 0 Å². The summed E-state index contributed by atoms with van der Waals surface area (Å²) in [6.07, 6.45) is 11.5. The van der Waals surface area contributed by atoms with Crippen LogP contribution >= 0.6 is 11.9 Å². The highest BCUT2D eigenvalue weighted by molar-refractivity contribution is 7.96. The molecule has 0 fully saturated rings. The summed E-state index contributed by atoms with van der Waals surface area (Å²) in [6, 6.07) is 3.76. The van der Waals surface area contributed by atoms with Crippen molar-refractivity contribution in [3.05, 3.63) is 90.1 Å². The van der Waals surface area contributed by atoms with Crippen molar-refractivity contribution in [1.82, 2.24) is 9.62 Å². The molecule has 0 bridgehead atoms. The molecule has 0 amide bonds. The molecule has 0 saturated heterocycles. The van der Waals surface area contributed by atoms with Crippen LogP contribution in [-0.2, 0) is 0 Å². The van der Waals surface area contributed by atoms with Crippen LogP contribution in [0.1, 0.15) is 26.3 Å². The van der Waals surface area contributed by atoms with E-state index in [1.807, 2.05) is 62.8 Å². The molecule has 0 aliphatic rings. The number of rotatable bonds is 8. The van der Waals surface area contributed by atoms with Gasteiger partial charge in [-0.1, -0.05) is 66.6 Å². The van der Waals surface area contributed by atoms with Crippen molar-refractivity contribution in [2.45, 2.75) is 20.8 Å². The normalized spacial score (nSPS) is 11.1. The second kappa shape index (κ2) is 18.9. The van der Waals surface area contributed by atoms with E-state index >= 15 is 0 Å². The number of benzene rings is 1. The van der Waals surface area contributed by atoms with Gasteiger partial charge in [0.25, 0.3) is 0 Å². The molecule has 0 saturated carbocycles. The average molecular weight is 438 g/mol. The Balaban J connectivity index is 0. The number of nitrogens with one attached hydrogen (secondary N) is 1. The largest absolute Gasteiger partial charge is 0.383 e. The fraction of sp³-hybridized carbons (Fsp3) is 0.333. The molecule has 1 rings (SSSR count). The van der Waals surface area contributed by atoms with Crippen LogP contribution in [0.15, 0.2) is 72.9 Å². The van der Waals surface area contributed by atoms with Gasteiger partial charge in [-0.3, -0.25) is 4.31 Å². The van der Waals surface area contributed by atoms with Crippen molar-refractivity contribution >= 4 is 17.6 Å². The molecule has 0 spiro atoms. The SMILES string of the molecule is C=C(C)/C=C(\NCCN)c1c(F)cccc1F.C=C(C)/C=C\C=C/C.CSN(C)C. The van der Waals surface area contributed by atoms with Crippen molar-refractivity contribution in [2.75, 3.05) is 33.4 Å². The Labute approximate surface area is 186 Å². The summed E-state index contributed by atoms with van der Waals surface area (Å²) in [5.41, 5.74) is 7.43. The highest BCUT2D eigenvalue weighted by Gasteiger charge is 2.12. The Morgan fingerprint density at radius 3 is 2.03 bits per heavy atom. The van der Waals surface area contributed by atoms with Crippen LogP contribution < -0.4 is 11.1 Å². The molecule has 0 aromatic heterocycles. The van der Waals surface area contributed by atoms with E-state index in [1.54, 1.807) is 24.9 Å². The average Bonchev–Trinajstić information content (AvgIpc) is 2.66. The van der Waals surface area contributed by atoms with Crippen LogP contribution in [0.2, 0.25) is 0 Å². The molecule has 0 aliphatic carbocycles. The molecule has 3 nitrogen and oxygen atoms in total. The van der Waals surface area contributed by atoms with E-state index < -0.39 is 11.6 Å². The predicted octanol–water partition coefficient (Wildman–Crippen LogP) is 5.95. The van der Waals surface area contributed by atoms with Gasteiger partial charge in [0.2, 0.25) is 0 Å². The monoisotopic (exact) mass is 437 g/mol. The minimum atomic E-state index is -0.609. The molecule has 3 N–H and O–H groups in total. The Bertz CT molecular complexity index is 703. The van der Waals surface area contributed by atoms with Gasteiger partial charge >= 0.3 is 0 Å². The van der Waals surface area contributed by atoms with Gasteiger partial charge < -0.3 is 11.1 Å². The van der Waals surface area contributed by atoms with Gasteiger partial charge in [-0.15, -0.1) is 0 Å². The van der Waals surface area contributed by atoms with Crippen molar-refractivity contribution in [3.8, 4) is 0 Å². The number of hydrogen-bond donors (Lipinski definition) is 2. The molecule has 168 valence electrons. The van der Waals surface area contributed by atoms with Crippen LogP contribution in [0.3, 0.4) is 0 Å². The maximum atomic E-state index is 13.6. The van der Waals surface area contributed by atoms with Crippen molar-refractivity contribution in [2.24, 2.45) is 5.73 Å². The summed E-state index contributed by atoms with van der Waals surface area (Å²) < 4.78 is 29.2. The highest BCUT2D eigenvalue weighted by Crippen LogP contribution is 2.20.